The second kappa shape index (κ2) is 7.68. The summed E-state index contributed by atoms with van der Waals surface area (Å²) >= 11 is 0. The summed E-state index contributed by atoms with van der Waals surface area (Å²) in [5.74, 6) is 0.755. The van der Waals surface area contributed by atoms with Crippen LogP contribution in [-0.4, -0.2) is 25.6 Å². The number of ether oxygens (including phenoxy) is 1. The van der Waals surface area contributed by atoms with Gasteiger partial charge >= 0.3 is 0 Å². The number of nitrogens with zero attached hydrogens (tertiary/aromatic N) is 1. The fraction of sp³-hybridized carbons (Fsp3) is 0.316. The molecule has 0 bridgehead atoms. The van der Waals surface area contributed by atoms with E-state index in [1.807, 2.05) is 42.5 Å². The minimum absolute atomic E-state index is 0.0325. The quantitative estimate of drug-likeness (QED) is 0.884. The molecule has 1 aliphatic heterocycles. The number of carbonyl (C=O) groups is 1. The highest BCUT2D eigenvalue weighted by atomic mass is 16.5. The molecule has 0 radical (unpaired) electrons. The van der Waals surface area contributed by atoms with Gasteiger partial charge in [0.25, 0.3) is 0 Å². The Labute approximate surface area is 137 Å². The van der Waals surface area contributed by atoms with Crippen molar-refractivity contribution in [1.29, 1.82) is 0 Å². The summed E-state index contributed by atoms with van der Waals surface area (Å²) in [4.78, 5) is 14.3. The van der Waals surface area contributed by atoms with Crippen molar-refractivity contribution in [2.45, 2.75) is 19.3 Å². The second-order valence-corrected chi connectivity index (χ2v) is 5.70. The highest BCUT2D eigenvalue weighted by Crippen LogP contribution is 2.22. The average molecular weight is 310 g/mol. The summed E-state index contributed by atoms with van der Waals surface area (Å²) in [5, 5.41) is 2.91. The largest absolute Gasteiger partial charge is 0.493 e. The van der Waals surface area contributed by atoms with E-state index in [9.17, 15) is 4.79 Å². The van der Waals surface area contributed by atoms with Crippen LogP contribution < -0.4 is 15.0 Å². The smallest absolute Gasteiger partial charge is 0.227 e. The normalized spacial score (nSPS) is 13.8. The van der Waals surface area contributed by atoms with Crippen molar-refractivity contribution in [3.63, 3.8) is 0 Å². The fourth-order valence-electron chi connectivity index (χ4n) is 2.73. The van der Waals surface area contributed by atoms with E-state index in [-0.39, 0.29) is 5.91 Å². The van der Waals surface area contributed by atoms with Crippen molar-refractivity contribution in [1.82, 2.24) is 0 Å². The van der Waals surface area contributed by atoms with Crippen LogP contribution in [0.2, 0.25) is 0 Å². The first-order chi connectivity index (χ1) is 11.3. The van der Waals surface area contributed by atoms with Gasteiger partial charge in [0, 0.05) is 24.5 Å². The predicted molar refractivity (Wildman–Crippen MR) is 93.1 cm³/mol. The molecule has 0 saturated carbocycles. The summed E-state index contributed by atoms with van der Waals surface area (Å²) in [5.41, 5.74) is 2.06. The van der Waals surface area contributed by atoms with Crippen molar-refractivity contribution in [2.24, 2.45) is 0 Å². The van der Waals surface area contributed by atoms with E-state index >= 15 is 0 Å². The molecule has 4 nitrogen and oxygen atoms in total. The van der Waals surface area contributed by atoms with Gasteiger partial charge in [0.15, 0.2) is 0 Å². The SMILES string of the molecule is O=C(CCOc1ccccc1)Nc1ccc(N2CCCC2)cc1. The second-order valence-electron chi connectivity index (χ2n) is 5.70. The van der Waals surface area contributed by atoms with Gasteiger partial charge in [-0.25, -0.2) is 0 Å². The van der Waals surface area contributed by atoms with Crippen LogP contribution in [0.25, 0.3) is 0 Å². The molecule has 1 saturated heterocycles. The molecule has 4 heteroatoms. The van der Waals surface area contributed by atoms with Crippen LogP contribution in [0.1, 0.15) is 19.3 Å². The Morgan fingerprint density at radius 2 is 1.70 bits per heavy atom. The van der Waals surface area contributed by atoms with Crippen molar-refractivity contribution in [3.8, 4) is 5.75 Å². The first-order valence-corrected chi connectivity index (χ1v) is 8.14. The molecular weight excluding hydrogens is 288 g/mol. The molecule has 1 fully saturated rings. The maximum atomic E-state index is 11.9. The third kappa shape index (κ3) is 4.49. The Kier molecular flexibility index (Phi) is 5.14. The lowest BCUT2D eigenvalue weighted by Crippen LogP contribution is -2.18. The van der Waals surface area contributed by atoms with E-state index in [0.717, 1.165) is 24.5 Å². The molecular formula is C19H22N2O2. The topological polar surface area (TPSA) is 41.6 Å². The molecule has 3 rings (SSSR count). The molecule has 1 N–H and O–H groups in total. The number of anilines is 2. The minimum Gasteiger partial charge on any atom is -0.493 e. The van der Waals surface area contributed by atoms with Crippen molar-refractivity contribution in [3.05, 3.63) is 54.6 Å². The van der Waals surface area contributed by atoms with E-state index in [1.165, 1.54) is 18.5 Å². The Bertz CT molecular complexity index is 620. The van der Waals surface area contributed by atoms with E-state index in [2.05, 4.69) is 22.3 Å². The van der Waals surface area contributed by atoms with Gasteiger partial charge in [-0.05, 0) is 49.2 Å². The Morgan fingerprint density at radius 1 is 1.00 bits per heavy atom. The Hall–Kier alpha value is -2.49. The average Bonchev–Trinajstić information content (AvgIpc) is 3.11. The lowest BCUT2D eigenvalue weighted by molar-refractivity contribution is -0.116. The maximum Gasteiger partial charge on any atom is 0.227 e. The summed E-state index contributed by atoms with van der Waals surface area (Å²) in [6, 6.07) is 17.6. The third-order valence-corrected chi connectivity index (χ3v) is 3.96. The molecule has 1 amide bonds. The molecule has 0 aliphatic carbocycles. The lowest BCUT2D eigenvalue weighted by atomic mass is 10.2. The van der Waals surface area contributed by atoms with Crippen LogP contribution in [0.15, 0.2) is 54.6 Å². The highest BCUT2D eigenvalue weighted by molar-refractivity contribution is 5.90. The number of hydrogen-bond acceptors (Lipinski definition) is 3. The van der Waals surface area contributed by atoms with E-state index in [1.54, 1.807) is 0 Å². The lowest BCUT2D eigenvalue weighted by Gasteiger charge is -2.17. The number of nitrogens with one attached hydrogen (secondary N) is 1. The first kappa shape index (κ1) is 15.4. The number of rotatable bonds is 6. The minimum atomic E-state index is -0.0325. The Balaban J connectivity index is 1.44. The fourth-order valence-corrected chi connectivity index (χ4v) is 2.73. The number of hydrogen-bond donors (Lipinski definition) is 1. The van der Waals surface area contributed by atoms with Gasteiger partial charge in [0.1, 0.15) is 5.75 Å². The molecule has 2 aromatic rings. The number of carbonyl (C=O) groups excluding carboxylic acids is 1. The summed E-state index contributed by atoms with van der Waals surface area (Å²) in [6.07, 6.45) is 2.86. The predicted octanol–water partition coefficient (Wildman–Crippen LogP) is 3.69. The molecule has 0 atom stereocenters. The van der Waals surface area contributed by atoms with Crippen molar-refractivity contribution >= 4 is 17.3 Å². The molecule has 0 spiro atoms. The number of para-hydroxylation sites is 1. The van der Waals surface area contributed by atoms with E-state index in [0.29, 0.717) is 13.0 Å². The van der Waals surface area contributed by atoms with Gasteiger partial charge in [-0.3, -0.25) is 4.79 Å². The molecule has 1 aliphatic rings. The molecule has 1 heterocycles. The number of amides is 1. The van der Waals surface area contributed by atoms with Crippen LogP contribution in [0.4, 0.5) is 11.4 Å². The van der Waals surface area contributed by atoms with Gasteiger partial charge in [-0.1, -0.05) is 18.2 Å². The van der Waals surface area contributed by atoms with Crippen LogP contribution in [0.3, 0.4) is 0 Å². The van der Waals surface area contributed by atoms with E-state index < -0.39 is 0 Å². The molecule has 0 unspecified atom stereocenters. The highest BCUT2D eigenvalue weighted by Gasteiger charge is 2.12. The van der Waals surface area contributed by atoms with Crippen LogP contribution in [-0.2, 0) is 4.79 Å². The molecule has 2 aromatic carbocycles. The summed E-state index contributed by atoms with van der Waals surface area (Å²) < 4.78 is 5.53. The van der Waals surface area contributed by atoms with Crippen LogP contribution in [0.5, 0.6) is 5.75 Å². The number of benzene rings is 2. The summed E-state index contributed by atoms with van der Waals surface area (Å²) in [6.45, 7) is 2.63. The van der Waals surface area contributed by atoms with Crippen LogP contribution in [0, 0.1) is 0 Å². The summed E-state index contributed by atoms with van der Waals surface area (Å²) in [7, 11) is 0. The zero-order chi connectivity index (χ0) is 15.9. The first-order valence-electron chi connectivity index (χ1n) is 8.14. The monoisotopic (exact) mass is 310 g/mol. The van der Waals surface area contributed by atoms with Gasteiger partial charge in [0.2, 0.25) is 5.91 Å². The molecule has 23 heavy (non-hydrogen) atoms. The molecule has 120 valence electrons. The van der Waals surface area contributed by atoms with Crippen molar-refractivity contribution in [2.75, 3.05) is 29.9 Å². The van der Waals surface area contributed by atoms with Gasteiger partial charge < -0.3 is 15.0 Å². The van der Waals surface area contributed by atoms with E-state index in [4.69, 9.17) is 4.74 Å². The van der Waals surface area contributed by atoms with Crippen LogP contribution >= 0.6 is 0 Å². The van der Waals surface area contributed by atoms with Crippen molar-refractivity contribution < 1.29 is 9.53 Å². The van der Waals surface area contributed by atoms with Gasteiger partial charge in [0.05, 0.1) is 13.0 Å². The molecule has 0 aromatic heterocycles. The van der Waals surface area contributed by atoms with Gasteiger partial charge in [-0.2, -0.15) is 0 Å². The zero-order valence-electron chi connectivity index (χ0n) is 13.2. The maximum absolute atomic E-state index is 11.9. The van der Waals surface area contributed by atoms with Gasteiger partial charge in [-0.15, -0.1) is 0 Å². The third-order valence-electron chi connectivity index (χ3n) is 3.96. The zero-order valence-corrected chi connectivity index (χ0v) is 13.2. The Morgan fingerprint density at radius 3 is 2.39 bits per heavy atom. The standard InChI is InChI=1S/C19H22N2O2/c22-19(12-15-23-18-6-2-1-3-7-18)20-16-8-10-17(11-9-16)21-13-4-5-14-21/h1-3,6-11H,4-5,12-15H2,(H,20,22).